The molecule has 1 rings (SSSR count). The minimum atomic E-state index is -1.93. The van der Waals surface area contributed by atoms with Gasteiger partial charge in [0.05, 0.1) is 11.2 Å². The van der Waals surface area contributed by atoms with Crippen LogP contribution in [-0.2, 0) is 9.09 Å². The number of hydrogen-bond donors (Lipinski definition) is 0. The minimum Gasteiger partial charge on any atom is -0.327 e. The Labute approximate surface area is 77.4 Å². The molecule has 0 fully saturated rings. The summed E-state index contributed by atoms with van der Waals surface area (Å²) in [6, 6.07) is 3.75. The van der Waals surface area contributed by atoms with E-state index < -0.39 is 8.03 Å². The van der Waals surface area contributed by atoms with E-state index in [2.05, 4.69) is 6.92 Å². The highest BCUT2D eigenvalue weighted by molar-refractivity contribution is 7.57. The maximum absolute atomic E-state index is 11.4. The van der Waals surface area contributed by atoms with Gasteiger partial charge in [0.15, 0.2) is 0 Å². The fourth-order valence-corrected chi connectivity index (χ4v) is 2.71. The van der Waals surface area contributed by atoms with Crippen molar-refractivity contribution in [3.05, 3.63) is 17.5 Å². The molecule has 0 spiro atoms. The van der Waals surface area contributed by atoms with E-state index in [0.717, 1.165) is 17.5 Å². The van der Waals surface area contributed by atoms with Gasteiger partial charge in [-0.25, -0.2) is 0 Å². The molecular weight excluding hydrogens is 191 g/mol. The Kier molecular flexibility index (Phi) is 4.59. The summed E-state index contributed by atoms with van der Waals surface area (Å²) >= 11 is 1.50. The second-order valence-electron chi connectivity index (χ2n) is 2.47. The fourth-order valence-electron chi connectivity index (χ4n) is 0.775. The van der Waals surface area contributed by atoms with Crippen LogP contribution in [-0.4, -0.2) is 6.61 Å². The van der Waals surface area contributed by atoms with E-state index in [-0.39, 0.29) is 0 Å². The summed E-state index contributed by atoms with van der Waals surface area (Å²) in [6.45, 7) is 2.71. The monoisotopic (exact) mass is 204 g/mol. The zero-order valence-electron chi connectivity index (χ0n) is 7.08. The van der Waals surface area contributed by atoms with Crippen molar-refractivity contribution in [2.24, 2.45) is 0 Å². The highest BCUT2D eigenvalue weighted by atomic mass is 32.1. The summed E-state index contributed by atoms with van der Waals surface area (Å²) in [4.78, 5) is 0. The Morgan fingerprint density at radius 1 is 1.67 bits per heavy atom. The quantitative estimate of drug-likeness (QED) is 0.544. The molecular formula is C8H13O2PS. The van der Waals surface area contributed by atoms with Crippen molar-refractivity contribution < 1.29 is 9.09 Å². The zero-order valence-corrected chi connectivity index (χ0v) is 8.89. The summed E-state index contributed by atoms with van der Waals surface area (Å²) in [5.41, 5.74) is 0. The van der Waals surface area contributed by atoms with Crippen LogP contribution in [0.5, 0.6) is 0 Å². The number of unbranched alkanes of at least 4 members (excludes halogenated alkanes) is 1. The van der Waals surface area contributed by atoms with E-state index in [1.807, 2.05) is 17.5 Å². The lowest BCUT2D eigenvalue weighted by molar-refractivity contribution is 0.327. The van der Waals surface area contributed by atoms with Gasteiger partial charge in [0.25, 0.3) is 0 Å². The summed E-state index contributed by atoms with van der Waals surface area (Å²) in [7, 11) is -1.93. The van der Waals surface area contributed by atoms with Gasteiger partial charge in [0, 0.05) is 0 Å². The minimum absolute atomic E-state index is 0.617. The van der Waals surface area contributed by atoms with Crippen LogP contribution in [0.2, 0.25) is 0 Å². The third-order valence-corrected chi connectivity index (χ3v) is 4.03. The summed E-state index contributed by atoms with van der Waals surface area (Å²) in [5, 5.41) is 1.92. The van der Waals surface area contributed by atoms with Crippen LogP contribution in [0.4, 0.5) is 0 Å². The van der Waals surface area contributed by atoms with E-state index in [4.69, 9.17) is 4.52 Å². The Balaban J connectivity index is 2.30. The summed E-state index contributed by atoms with van der Waals surface area (Å²) < 4.78 is 17.4. The van der Waals surface area contributed by atoms with Crippen molar-refractivity contribution in [1.29, 1.82) is 0 Å². The van der Waals surface area contributed by atoms with Gasteiger partial charge in [-0.05, 0) is 17.9 Å². The average Bonchev–Trinajstić information content (AvgIpc) is 2.56. The lowest BCUT2D eigenvalue weighted by Gasteiger charge is -1.99. The van der Waals surface area contributed by atoms with Crippen LogP contribution in [0.15, 0.2) is 17.5 Å². The van der Waals surface area contributed by atoms with Crippen LogP contribution in [0.25, 0.3) is 0 Å². The first-order valence-electron chi connectivity index (χ1n) is 4.05. The van der Waals surface area contributed by atoms with Crippen LogP contribution in [0.1, 0.15) is 19.8 Å². The molecule has 0 aromatic carbocycles. The third kappa shape index (κ3) is 3.10. The van der Waals surface area contributed by atoms with Gasteiger partial charge in [0.2, 0.25) is 8.03 Å². The van der Waals surface area contributed by atoms with Crippen molar-refractivity contribution in [2.75, 3.05) is 6.61 Å². The maximum atomic E-state index is 11.4. The molecule has 12 heavy (non-hydrogen) atoms. The molecule has 0 N–H and O–H groups in total. The van der Waals surface area contributed by atoms with Crippen molar-refractivity contribution in [3.8, 4) is 0 Å². The Hall–Kier alpha value is -0.110. The molecule has 0 aliphatic carbocycles. The first kappa shape index (κ1) is 9.97. The molecule has 0 aliphatic rings. The van der Waals surface area contributed by atoms with Crippen molar-refractivity contribution in [1.82, 2.24) is 0 Å². The van der Waals surface area contributed by atoms with Gasteiger partial charge in [-0.15, -0.1) is 11.3 Å². The van der Waals surface area contributed by atoms with Crippen LogP contribution >= 0.6 is 19.4 Å². The topological polar surface area (TPSA) is 26.3 Å². The predicted molar refractivity (Wildman–Crippen MR) is 53.8 cm³/mol. The molecule has 1 aromatic heterocycles. The molecule has 0 radical (unpaired) electrons. The van der Waals surface area contributed by atoms with Crippen LogP contribution in [0.3, 0.4) is 0 Å². The Morgan fingerprint density at radius 3 is 3.08 bits per heavy atom. The zero-order chi connectivity index (χ0) is 8.81. The van der Waals surface area contributed by atoms with E-state index in [9.17, 15) is 4.57 Å². The summed E-state index contributed by atoms with van der Waals surface area (Å²) in [6.07, 6.45) is 2.07. The normalized spacial score (nSPS) is 13.1. The molecule has 4 heteroatoms. The maximum Gasteiger partial charge on any atom is 0.230 e. The summed E-state index contributed by atoms with van der Waals surface area (Å²) in [5.74, 6) is 0. The second kappa shape index (κ2) is 5.52. The highest BCUT2D eigenvalue weighted by Crippen LogP contribution is 2.24. The molecule has 0 saturated heterocycles. The van der Waals surface area contributed by atoms with Crippen LogP contribution < -0.4 is 4.62 Å². The molecule has 1 aromatic rings. The van der Waals surface area contributed by atoms with Crippen molar-refractivity contribution >= 4 is 24.0 Å². The molecule has 1 heterocycles. The fraction of sp³-hybridized carbons (Fsp3) is 0.500. The molecule has 1 atom stereocenters. The van der Waals surface area contributed by atoms with Gasteiger partial charge in [-0.3, -0.25) is 4.57 Å². The first-order valence-corrected chi connectivity index (χ1v) is 6.25. The second-order valence-corrected chi connectivity index (χ2v) is 5.18. The Bertz CT molecular complexity index is 233. The average molecular weight is 204 g/mol. The molecule has 0 amide bonds. The molecule has 1 unspecified atom stereocenters. The third-order valence-electron chi connectivity index (χ3n) is 1.45. The van der Waals surface area contributed by atoms with Crippen molar-refractivity contribution in [2.45, 2.75) is 19.8 Å². The smallest absolute Gasteiger partial charge is 0.230 e. The number of rotatable bonds is 5. The lowest BCUT2D eigenvalue weighted by Crippen LogP contribution is -1.92. The highest BCUT2D eigenvalue weighted by Gasteiger charge is 2.02. The van der Waals surface area contributed by atoms with Gasteiger partial charge < -0.3 is 4.52 Å². The Morgan fingerprint density at radius 2 is 2.50 bits per heavy atom. The largest absolute Gasteiger partial charge is 0.327 e. The molecule has 0 saturated carbocycles. The van der Waals surface area contributed by atoms with Crippen molar-refractivity contribution in [3.63, 3.8) is 0 Å². The van der Waals surface area contributed by atoms with E-state index in [1.54, 1.807) is 0 Å². The SMILES string of the molecule is CCCCO[PH](=O)c1cccs1. The molecule has 0 aliphatic heterocycles. The van der Waals surface area contributed by atoms with Gasteiger partial charge in [-0.1, -0.05) is 19.4 Å². The molecule has 2 nitrogen and oxygen atoms in total. The standard InChI is InChI=1S/C8H13O2PS/c1-2-3-6-10-11(9)8-5-4-7-12-8/h4-5,7,11H,2-3,6H2,1H3. The van der Waals surface area contributed by atoms with E-state index in [0.29, 0.717) is 6.61 Å². The van der Waals surface area contributed by atoms with Gasteiger partial charge >= 0.3 is 0 Å². The van der Waals surface area contributed by atoms with E-state index >= 15 is 0 Å². The van der Waals surface area contributed by atoms with Gasteiger partial charge in [0.1, 0.15) is 0 Å². The molecule has 68 valence electrons. The van der Waals surface area contributed by atoms with Crippen LogP contribution in [0, 0.1) is 0 Å². The van der Waals surface area contributed by atoms with E-state index in [1.165, 1.54) is 11.3 Å². The number of hydrogen-bond acceptors (Lipinski definition) is 3. The number of thiophene rings is 1. The lowest BCUT2D eigenvalue weighted by atomic mass is 10.4. The molecule has 0 bridgehead atoms. The van der Waals surface area contributed by atoms with Gasteiger partial charge in [-0.2, -0.15) is 0 Å². The first-order chi connectivity index (χ1) is 5.84. The predicted octanol–water partition coefficient (Wildman–Crippen LogP) is 2.66.